The van der Waals surface area contributed by atoms with Crippen LogP contribution in [0.1, 0.15) is 16.8 Å². The summed E-state index contributed by atoms with van der Waals surface area (Å²) >= 11 is 2.43. The third-order valence-electron chi connectivity index (χ3n) is 5.30. The van der Waals surface area contributed by atoms with Gasteiger partial charge in [-0.25, -0.2) is 4.98 Å². The van der Waals surface area contributed by atoms with Crippen LogP contribution in [0.25, 0.3) is 10.9 Å². The number of nitrogens with one attached hydrogen (secondary N) is 1. The molecule has 33 heavy (non-hydrogen) atoms. The van der Waals surface area contributed by atoms with Gasteiger partial charge in [-0.2, -0.15) is 0 Å². The molecule has 2 aromatic heterocycles. The molecule has 3 heterocycles. The number of hydrogen-bond donors (Lipinski definition) is 2. The predicted octanol–water partition coefficient (Wildman–Crippen LogP) is 2.01. The zero-order chi connectivity index (χ0) is 23.2. The van der Waals surface area contributed by atoms with Gasteiger partial charge >= 0.3 is 0 Å². The molecule has 0 atom stereocenters. The van der Waals surface area contributed by atoms with Gasteiger partial charge < -0.3 is 15.8 Å². The van der Waals surface area contributed by atoms with Crippen molar-refractivity contribution in [1.29, 1.82) is 0 Å². The Bertz CT molecular complexity index is 1200. The molecule has 4 rings (SSSR count). The fourth-order valence-corrected chi connectivity index (χ4v) is 5.26. The summed E-state index contributed by atoms with van der Waals surface area (Å²) in [5.74, 6) is -0.846. The van der Waals surface area contributed by atoms with Crippen LogP contribution < -0.4 is 16.6 Å². The number of primary amides is 1. The number of fused-ring (bicyclic) bond motifs is 1. The van der Waals surface area contributed by atoms with E-state index in [1.54, 1.807) is 28.1 Å². The first kappa shape index (κ1) is 23.4. The summed E-state index contributed by atoms with van der Waals surface area (Å²) in [6.07, 6.45) is 0.789. The molecule has 0 unspecified atom stereocenters. The monoisotopic (exact) mass is 487 g/mol. The lowest BCUT2D eigenvalue weighted by Crippen LogP contribution is -2.37. The third kappa shape index (κ3) is 5.80. The zero-order valence-electron chi connectivity index (χ0n) is 18.0. The van der Waals surface area contributed by atoms with Crippen molar-refractivity contribution in [1.82, 2.24) is 14.5 Å². The Morgan fingerprint density at radius 2 is 1.97 bits per heavy atom. The number of rotatable bonds is 9. The molecule has 1 aromatic carbocycles. The van der Waals surface area contributed by atoms with Crippen LogP contribution in [-0.4, -0.2) is 64.9 Å². The van der Waals surface area contributed by atoms with Gasteiger partial charge in [-0.15, -0.1) is 11.3 Å². The highest BCUT2D eigenvalue weighted by atomic mass is 32.2. The number of ether oxygens (including phenoxy) is 1. The van der Waals surface area contributed by atoms with E-state index in [2.05, 4.69) is 15.2 Å². The molecule has 1 aliphatic rings. The highest BCUT2D eigenvalue weighted by molar-refractivity contribution is 7.99. The van der Waals surface area contributed by atoms with Gasteiger partial charge in [0.1, 0.15) is 5.00 Å². The van der Waals surface area contributed by atoms with Crippen molar-refractivity contribution in [2.45, 2.75) is 18.1 Å². The van der Waals surface area contributed by atoms with Crippen molar-refractivity contribution in [2.75, 3.05) is 43.9 Å². The van der Waals surface area contributed by atoms with Gasteiger partial charge in [0.25, 0.3) is 11.5 Å². The van der Waals surface area contributed by atoms with Crippen LogP contribution in [0.15, 0.2) is 45.7 Å². The molecular weight excluding hydrogens is 462 g/mol. The van der Waals surface area contributed by atoms with Gasteiger partial charge in [-0.05, 0) is 30.0 Å². The van der Waals surface area contributed by atoms with Gasteiger partial charge in [-0.1, -0.05) is 23.9 Å². The molecule has 0 aliphatic carbocycles. The van der Waals surface area contributed by atoms with Crippen molar-refractivity contribution >= 4 is 50.8 Å². The number of benzene rings is 1. The number of thiophene rings is 1. The standard InChI is InChI=1S/C22H25N5O4S2/c23-19(29)16-6-13-32-20(16)25-18(28)14-33-22-24-17-5-2-1-4-15(17)21(30)27(22)8-3-7-26-9-11-31-12-10-26/h1-2,4-6,13H,3,7-12,14H2,(H2,23,29)(H,25,28). The van der Waals surface area contributed by atoms with Gasteiger partial charge in [0.2, 0.25) is 5.91 Å². The van der Waals surface area contributed by atoms with Crippen molar-refractivity contribution < 1.29 is 14.3 Å². The largest absolute Gasteiger partial charge is 0.379 e. The fourth-order valence-electron chi connectivity index (χ4n) is 3.63. The molecule has 1 saturated heterocycles. The minimum Gasteiger partial charge on any atom is -0.379 e. The molecule has 0 spiro atoms. The summed E-state index contributed by atoms with van der Waals surface area (Å²) in [6.45, 7) is 4.62. The van der Waals surface area contributed by atoms with Crippen LogP contribution in [0, 0.1) is 0 Å². The normalized spacial score (nSPS) is 14.4. The van der Waals surface area contributed by atoms with E-state index in [0.717, 1.165) is 39.3 Å². The minimum absolute atomic E-state index is 0.0460. The molecule has 9 nitrogen and oxygen atoms in total. The van der Waals surface area contributed by atoms with Gasteiger partial charge in [-0.3, -0.25) is 23.9 Å². The van der Waals surface area contributed by atoms with Crippen molar-refractivity contribution in [3.05, 3.63) is 51.6 Å². The number of aromatic nitrogens is 2. The summed E-state index contributed by atoms with van der Waals surface area (Å²) in [5.41, 5.74) is 6.11. The summed E-state index contributed by atoms with van der Waals surface area (Å²) in [6, 6.07) is 8.80. The van der Waals surface area contributed by atoms with E-state index in [4.69, 9.17) is 10.5 Å². The number of para-hydroxylation sites is 1. The van der Waals surface area contributed by atoms with Crippen LogP contribution in [0.3, 0.4) is 0 Å². The first-order valence-corrected chi connectivity index (χ1v) is 12.5. The number of morpholine rings is 1. The zero-order valence-corrected chi connectivity index (χ0v) is 19.6. The molecule has 0 radical (unpaired) electrons. The maximum atomic E-state index is 13.2. The third-order valence-corrected chi connectivity index (χ3v) is 7.11. The van der Waals surface area contributed by atoms with Crippen LogP contribution in [0.2, 0.25) is 0 Å². The summed E-state index contributed by atoms with van der Waals surface area (Å²) < 4.78 is 7.04. The van der Waals surface area contributed by atoms with Crippen molar-refractivity contribution in [3.8, 4) is 0 Å². The molecule has 2 amide bonds. The molecule has 3 N–H and O–H groups in total. The van der Waals surface area contributed by atoms with Crippen LogP contribution in [-0.2, 0) is 16.1 Å². The first-order chi connectivity index (χ1) is 16.0. The molecule has 1 fully saturated rings. The predicted molar refractivity (Wildman–Crippen MR) is 130 cm³/mol. The minimum atomic E-state index is -0.593. The average molecular weight is 488 g/mol. The number of carbonyl (C=O) groups is 2. The number of amides is 2. The number of anilines is 1. The SMILES string of the molecule is NC(=O)c1ccsc1NC(=O)CSc1nc2ccccc2c(=O)n1CCCN1CCOCC1. The van der Waals surface area contributed by atoms with Crippen LogP contribution in [0.5, 0.6) is 0 Å². The Morgan fingerprint density at radius 1 is 1.18 bits per heavy atom. The molecule has 3 aromatic rings. The van der Waals surface area contributed by atoms with E-state index in [-0.39, 0.29) is 22.8 Å². The molecular formula is C22H25N5O4S2. The second-order valence-electron chi connectivity index (χ2n) is 7.54. The van der Waals surface area contributed by atoms with Gasteiger partial charge in [0.05, 0.1) is 35.4 Å². The van der Waals surface area contributed by atoms with Crippen molar-refractivity contribution in [2.24, 2.45) is 5.73 Å². The maximum absolute atomic E-state index is 13.2. The summed E-state index contributed by atoms with van der Waals surface area (Å²) in [5, 5.41) is 5.89. The molecule has 11 heteroatoms. The first-order valence-electron chi connectivity index (χ1n) is 10.6. The number of nitrogens with two attached hydrogens (primary N) is 1. The van der Waals surface area contributed by atoms with E-state index < -0.39 is 5.91 Å². The summed E-state index contributed by atoms with van der Waals surface area (Å²) in [4.78, 5) is 44.2. The second kappa shape index (κ2) is 10.9. The summed E-state index contributed by atoms with van der Waals surface area (Å²) in [7, 11) is 0. The Labute approximate surface area is 198 Å². The Hall–Kier alpha value is -2.73. The van der Waals surface area contributed by atoms with Gasteiger partial charge in [0, 0.05) is 26.2 Å². The van der Waals surface area contributed by atoms with E-state index in [9.17, 15) is 14.4 Å². The fraction of sp³-hybridized carbons (Fsp3) is 0.364. The lowest BCUT2D eigenvalue weighted by molar-refractivity contribution is -0.113. The Balaban J connectivity index is 1.48. The van der Waals surface area contributed by atoms with Crippen LogP contribution >= 0.6 is 23.1 Å². The molecule has 174 valence electrons. The average Bonchev–Trinajstić information content (AvgIpc) is 3.28. The number of thioether (sulfide) groups is 1. The lowest BCUT2D eigenvalue weighted by Gasteiger charge is -2.26. The topological polar surface area (TPSA) is 120 Å². The Morgan fingerprint density at radius 3 is 2.76 bits per heavy atom. The lowest BCUT2D eigenvalue weighted by atomic mass is 10.2. The Kier molecular flexibility index (Phi) is 7.76. The van der Waals surface area contributed by atoms with E-state index in [1.165, 1.54) is 23.1 Å². The quantitative estimate of drug-likeness (QED) is 0.350. The van der Waals surface area contributed by atoms with E-state index in [1.807, 2.05) is 12.1 Å². The number of hydrogen-bond acceptors (Lipinski definition) is 8. The van der Waals surface area contributed by atoms with E-state index in [0.29, 0.717) is 27.6 Å². The van der Waals surface area contributed by atoms with Crippen molar-refractivity contribution in [3.63, 3.8) is 0 Å². The highest BCUT2D eigenvalue weighted by Gasteiger charge is 2.16. The number of carbonyl (C=O) groups excluding carboxylic acids is 2. The highest BCUT2D eigenvalue weighted by Crippen LogP contribution is 2.24. The molecule has 0 bridgehead atoms. The molecule has 0 saturated carbocycles. The smallest absolute Gasteiger partial charge is 0.262 e. The number of nitrogens with zero attached hydrogens (tertiary/aromatic N) is 3. The second-order valence-corrected chi connectivity index (χ2v) is 9.40. The van der Waals surface area contributed by atoms with E-state index >= 15 is 0 Å². The molecule has 1 aliphatic heterocycles. The van der Waals surface area contributed by atoms with Gasteiger partial charge in [0.15, 0.2) is 5.16 Å². The van der Waals surface area contributed by atoms with Crippen LogP contribution in [0.4, 0.5) is 5.00 Å². The maximum Gasteiger partial charge on any atom is 0.262 e.